The highest BCUT2D eigenvalue weighted by Gasteiger charge is 2.40. The number of benzene rings is 1. The molecule has 0 radical (unpaired) electrons. The van der Waals surface area contributed by atoms with Gasteiger partial charge in [-0.1, -0.05) is 0 Å². The lowest BCUT2D eigenvalue weighted by atomic mass is 9.92. The smallest absolute Gasteiger partial charge is 0.388 e. The fourth-order valence-corrected chi connectivity index (χ4v) is 3.10. The summed E-state index contributed by atoms with van der Waals surface area (Å²) in [4.78, 5) is 0. The maximum absolute atomic E-state index is 13.4. The molecule has 1 aromatic heterocycles. The first-order valence-corrected chi connectivity index (χ1v) is 7.27. The zero-order valence-corrected chi connectivity index (χ0v) is 12.2. The van der Waals surface area contributed by atoms with Gasteiger partial charge in [0.05, 0.1) is 17.2 Å². The summed E-state index contributed by atoms with van der Waals surface area (Å²) in [6.45, 7) is 0. The average molecular weight is 349 g/mol. The lowest BCUT2D eigenvalue weighted by Gasteiger charge is -2.22. The van der Waals surface area contributed by atoms with Gasteiger partial charge in [-0.2, -0.15) is 13.2 Å². The van der Waals surface area contributed by atoms with Gasteiger partial charge < -0.3 is 9.67 Å². The Labute approximate surface area is 133 Å². The molecule has 0 bridgehead atoms. The average Bonchev–Trinajstić information content (AvgIpc) is 2.88. The van der Waals surface area contributed by atoms with Crippen molar-refractivity contribution in [3.63, 3.8) is 0 Å². The SMILES string of the molecule is OC1CCCc2c1c(C(F)(F)F)cn2-c1ccc(F)c(C(F)F)c1. The molecule has 0 saturated carbocycles. The molecule has 24 heavy (non-hydrogen) atoms. The second kappa shape index (κ2) is 5.84. The Morgan fingerprint density at radius 3 is 2.54 bits per heavy atom. The third-order valence-electron chi connectivity index (χ3n) is 4.17. The molecule has 130 valence electrons. The third-order valence-corrected chi connectivity index (χ3v) is 4.17. The van der Waals surface area contributed by atoms with Crippen LogP contribution in [0.5, 0.6) is 0 Å². The van der Waals surface area contributed by atoms with Gasteiger partial charge in [0.15, 0.2) is 0 Å². The summed E-state index contributed by atoms with van der Waals surface area (Å²) in [7, 11) is 0. The number of halogens is 6. The van der Waals surface area contributed by atoms with Gasteiger partial charge in [0.2, 0.25) is 0 Å². The van der Waals surface area contributed by atoms with Crippen molar-refractivity contribution in [3.05, 3.63) is 52.6 Å². The molecule has 0 saturated heterocycles. The standard InChI is InChI=1S/C16H13F6NO/c17-11-5-4-8(6-9(11)15(18)19)23-7-10(16(20,21)22)14-12(23)2-1-3-13(14)24/h4-7,13,15,24H,1-3H2. The molecule has 1 N–H and O–H groups in total. The molecule has 0 spiro atoms. The van der Waals surface area contributed by atoms with Crippen molar-refractivity contribution in [1.29, 1.82) is 0 Å². The highest BCUT2D eigenvalue weighted by Crippen LogP contribution is 2.42. The van der Waals surface area contributed by atoms with E-state index in [2.05, 4.69) is 0 Å². The Morgan fingerprint density at radius 2 is 1.92 bits per heavy atom. The molecular formula is C16H13F6NO. The summed E-state index contributed by atoms with van der Waals surface area (Å²) in [5, 5.41) is 9.96. The minimum Gasteiger partial charge on any atom is -0.388 e. The molecule has 1 aliphatic rings. The molecule has 1 heterocycles. The predicted molar refractivity (Wildman–Crippen MR) is 73.6 cm³/mol. The van der Waals surface area contributed by atoms with Crippen LogP contribution < -0.4 is 0 Å². The van der Waals surface area contributed by atoms with Gasteiger partial charge in [0.1, 0.15) is 5.82 Å². The molecule has 1 aliphatic carbocycles. The monoisotopic (exact) mass is 349 g/mol. The highest BCUT2D eigenvalue weighted by atomic mass is 19.4. The van der Waals surface area contributed by atoms with Gasteiger partial charge in [0.25, 0.3) is 6.43 Å². The van der Waals surface area contributed by atoms with Crippen LogP contribution in [0.3, 0.4) is 0 Å². The van der Waals surface area contributed by atoms with Crippen molar-refractivity contribution in [2.45, 2.75) is 38.0 Å². The summed E-state index contributed by atoms with van der Waals surface area (Å²) in [5.41, 5.74) is -1.87. The minimum absolute atomic E-state index is 0.00699. The number of hydrogen-bond donors (Lipinski definition) is 1. The molecule has 3 rings (SSSR count). The van der Waals surface area contributed by atoms with Crippen LogP contribution in [0.25, 0.3) is 5.69 Å². The van der Waals surface area contributed by atoms with Gasteiger partial charge in [0, 0.05) is 23.1 Å². The number of hydrogen-bond acceptors (Lipinski definition) is 1. The van der Waals surface area contributed by atoms with Gasteiger partial charge >= 0.3 is 6.18 Å². The Bertz CT molecular complexity index is 765. The van der Waals surface area contributed by atoms with Crippen molar-refractivity contribution >= 4 is 0 Å². The maximum atomic E-state index is 13.4. The second-order valence-corrected chi connectivity index (χ2v) is 5.69. The fraction of sp³-hybridized carbons (Fsp3) is 0.375. The molecule has 1 aromatic carbocycles. The van der Waals surface area contributed by atoms with Crippen molar-refractivity contribution in [2.75, 3.05) is 0 Å². The lowest BCUT2D eigenvalue weighted by molar-refractivity contribution is -0.139. The quantitative estimate of drug-likeness (QED) is 0.763. The zero-order chi connectivity index (χ0) is 17.6. The zero-order valence-electron chi connectivity index (χ0n) is 12.2. The number of nitrogens with zero attached hydrogens (tertiary/aromatic N) is 1. The van der Waals surface area contributed by atoms with E-state index in [0.29, 0.717) is 6.42 Å². The van der Waals surface area contributed by atoms with Gasteiger partial charge in [-0.25, -0.2) is 13.2 Å². The molecule has 2 aromatic rings. The van der Waals surface area contributed by atoms with E-state index >= 15 is 0 Å². The first-order valence-electron chi connectivity index (χ1n) is 7.27. The number of alkyl halides is 5. The van der Waals surface area contributed by atoms with E-state index in [-0.39, 0.29) is 29.8 Å². The summed E-state index contributed by atoms with van der Waals surface area (Å²) < 4.78 is 80.0. The summed E-state index contributed by atoms with van der Waals surface area (Å²) in [5.74, 6) is -1.12. The van der Waals surface area contributed by atoms with Crippen molar-refractivity contribution in [3.8, 4) is 5.69 Å². The van der Waals surface area contributed by atoms with Gasteiger partial charge in [-0.05, 0) is 37.5 Å². The van der Waals surface area contributed by atoms with E-state index in [0.717, 1.165) is 29.0 Å². The first-order chi connectivity index (χ1) is 11.2. The Kier molecular flexibility index (Phi) is 4.11. The van der Waals surface area contributed by atoms with Crippen LogP contribution in [0, 0.1) is 5.82 Å². The number of aromatic nitrogens is 1. The van der Waals surface area contributed by atoms with Crippen LogP contribution in [0.1, 0.15) is 47.8 Å². The largest absolute Gasteiger partial charge is 0.418 e. The van der Waals surface area contributed by atoms with E-state index in [9.17, 15) is 31.4 Å². The molecule has 8 heteroatoms. The van der Waals surface area contributed by atoms with Crippen molar-refractivity contribution < 1.29 is 31.4 Å². The molecule has 0 aliphatic heterocycles. The van der Waals surface area contributed by atoms with E-state index < -0.39 is 35.6 Å². The number of aliphatic hydroxyl groups is 1. The maximum Gasteiger partial charge on any atom is 0.418 e. The molecule has 2 nitrogen and oxygen atoms in total. The predicted octanol–water partition coefficient (Wildman–Crippen LogP) is 4.94. The molecular weight excluding hydrogens is 336 g/mol. The second-order valence-electron chi connectivity index (χ2n) is 5.69. The number of fused-ring (bicyclic) bond motifs is 1. The highest BCUT2D eigenvalue weighted by molar-refractivity contribution is 5.47. The molecule has 0 amide bonds. The van der Waals surface area contributed by atoms with Gasteiger partial charge in [-0.15, -0.1) is 0 Å². The van der Waals surface area contributed by atoms with E-state index in [1.54, 1.807) is 0 Å². The molecule has 0 fully saturated rings. The summed E-state index contributed by atoms with van der Waals surface area (Å²) in [6.07, 6.45) is -7.31. The lowest BCUT2D eigenvalue weighted by Crippen LogP contribution is -2.15. The van der Waals surface area contributed by atoms with Crippen LogP contribution in [-0.4, -0.2) is 9.67 Å². The fourth-order valence-electron chi connectivity index (χ4n) is 3.10. The summed E-state index contributed by atoms with van der Waals surface area (Å²) in [6, 6.07) is 2.78. The van der Waals surface area contributed by atoms with E-state index in [1.165, 1.54) is 0 Å². The normalized spacial score (nSPS) is 18.1. The first kappa shape index (κ1) is 16.9. The molecule has 1 atom stereocenters. The number of rotatable bonds is 2. The van der Waals surface area contributed by atoms with Crippen LogP contribution in [0.15, 0.2) is 24.4 Å². The Balaban J connectivity index is 2.21. The topological polar surface area (TPSA) is 25.2 Å². The number of aliphatic hydroxyl groups excluding tert-OH is 1. The Morgan fingerprint density at radius 1 is 1.21 bits per heavy atom. The third kappa shape index (κ3) is 2.79. The van der Waals surface area contributed by atoms with E-state index in [4.69, 9.17) is 0 Å². The Hall–Kier alpha value is -1.96. The summed E-state index contributed by atoms with van der Waals surface area (Å²) >= 11 is 0. The van der Waals surface area contributed by atoms with Crippen LogP contribution >= 0.6 is 0 Å². The van der Waals surface area contributed by atoms with E-state index in [1.807, 2.05) is 0 Å². The molecule has 1 unspecified atom stereocenters. The van der Waals surface area contributed by atoms with Crippen molar-refractivity contribution in [2.24, 2.45) is 0 Å². The van der Waals surface area contributed by atoms with Gasteiger partial charge in [-0.3, -0.25) is 0 Å². The van der Waals surface area contributed by atoms with Crippen LogP contribution in [0.4, 0.5) is 26.3 Å². The van der Waals surface area contributed by atoms with Crippen LogP contribution in [-0.2, 0) is 12.6 Å². The minimum atomic E-state index is -4.68. The van der Waals surface area contributed by atoms with Crippen LogP contribution in [0.2, 0.25) is 0 Å². The van der Waals surface area contributed by atoms with Crippen molar-refractivity contribution in [1.82, 2.24) is 4.57 Å².